The van der Waals surface area contributed by atoms with E-state index in [9.17, 15) is 9.59 Å². The van der Waals surface area contributed by atoms with Crippen LogP contribution in [0.2, 0.25) is 5.02 Å². The zero-order chi connectivity index (χ0) is 14.4. The SMILES string of the molecule is CC(C)(C)OC(=O)N1Cc2c(Cl)cnc(Br)c2C1=O. The number of amides is 2. The fourth-order valence-electron chi connectivity index (χ4n) is 1.70. The number of carbonyl (C=O) groups is 2. The summed E-state index contributed by atoms with van der Waals surface area (Å²) in [6.07, 6.45) is 0.757. The van der Waals surface area contributed by atoms with Gasteiger partial charge in [-0.1, -0.05) is 11.6 Å². The van der Waals surface area contributed by atoms with E-state index in [0.717, 1.165) is 4.90 Å². The summed E-state index contributed by atoms with van der Waals surface area (Å²) in [5, 5.41) is 0.359. The first-order chi connectivity index (χ1) is 8.70. The highest BCUT2D eigenvalue weighted by molar-refractivity contribution is 9.10. The molecule has 0 saturated carbocycles. The van der Waals surface area contributed by atoms with Gasteiger partial charge in [-0.15, -0.1) is 0 Å². The zero-order valence-corrected chi connectivity index (χ0v) is 13.0. The first kappa shape index (κ1) is 14.3. The third-order valence-electron chi connectivity index (χ3n) is 2.48. The Bertz CT molecular complexity index is 569. The smallest absolute Gasteiger partial charge is 0.417 e. The summed E-state index contributed by atoms with van der Waals surface area (Å²) in [5.41, 5.74) is 0.239. The van der Waals surface area contributed by atoms with Crippen molar-refractivity contribution in [3.05, 3.63) is 26.9 Å². The lowest BCUT2D eigenvalue weighted by Crippen LogP contribution is -2.36. The van der Waals surface area contributed by atoms with E-state index in [1.807, 2.05) is 0 Å². The van der Waals surface area contributed by atoms with Gasteiger partial charge >= 0.3 is 6.09 Å². The van der Waals surface area contributed by atoms with Crippen LogP contribution in [-0.4, -0.2) is 27.5 Å². The quantitative estimate of drug-likeness (QED) is 0.675. The van der Waals surface area contributed by atoms with Gasteiger partial charge in [0.25, 0.3) is 5.91 Å². The molecule has 0 aromatic carbocycles. The maximum absolute atomic E-state index is 12.2. The van der Waals surface area contributed by atoms with Gasteiger partial charge in [-0.25, -0.2) is 14.7 Å². The molecule has 102 valence electrons. The molecule has 0 fully saturated rings. The molecule has 1 aromatic rings. The number of pyridine rings is 1. The zero-order valence-electron chi connectivity index (χ0n) is 10.7. The largest absolute Gasteiger partial charge is 0.443 e. The highest BCUT2D eigenvalue weighted by Crippen LogP contribution is 2.33. The predicted octanol–water partition coefficient (Wildman–Crippen LogP) is 3.39. The van der Waals surface area contributed by atoms with Gasteiger partial charge in [-0.05, 0) is 36.7 Å². The summed E-state index contributed by atoms with van der Waals surface area (Å²) >= 11 is 9.19. The first-order valence-electron chi connectivity index (χ1n) is 5.58. The molecule has 0 aliphatic carbocycles. The minimum atomic E-state index is -0.684. The summed E-state index contributed by atoms with van der Waals surface area (Å²) in [6, 6.07) is 0. The number of fused-ring (bicyclic) bond motifs is 1. The van der Waals surface area contributed by atoms with Crippen LogP contribution in [0.5, 0.6) is 0 Å². The Labute approximate surface area is 124 Å². The first-order valence-corrected chi connectivity index (χ1v) is 6.75. The molecule has 2 amide bonds. The summed E-state index contributed by atoms with van der Waals surface area (Å²) < 4.78 is 5.57. The van der Waals surface area contributed by atoms with Crippen molar-refractivity contribution in [3.63, 3.8) is 0 Å². The monoisotopic (exact) mass is 346 g/mol. The Hall–Kier alpha value is -1.14. The third kappa shape index (κ3) is 2.74. The molecule has 19 heavy (non-hydrogen) atoms. The Morgan fingerprint density at radius 2 is 2.16 bits per heavy atom. The van der Waals surface area contributed by atoms with Crippen molar-refractivity contribution in [2.45, 2.75) is 32.9 Å². The third-order valence-corrected chi connectivity index (χ3v) is 3.40. The van der Waals surface area contributed by atoms with Gasteiger partial charge in [0.15, 0.2) is 0 Å². The number of ether oxygens (including phenoxy) is 1. The number of aromatic nitrogens is 1. The van der Waals surface area contributed by atoms with Gasteiger partial charge in [0.2, 0.25) is 0 Å². The maximum atomic E-state index is 12.2. The van der Waals surface area contributed by atoms with E-state index in [4.69, 9.17) is 16.3 Å². The van der Waals surface area contributed by atoms with Crippen LogP contribution in [-0.2, 0) is 11.3 Å². The van der Waals surface area contributed by atoms with E-state index >= 15 is 0 Å². The molecule has 2 heterocycles. The summed E-state index contributed by atoms with van der Waals surface area (Å²) in [7, 11) is 0. The van der Waals surface area contributed by atoms with E-state index in [0.29, 0.717) is 20.8 Å². The van der Waals surface area contributed by atoms with Crippen LogP contribution in [0, 0.1) is 0 Å². The molecule has 1 aromatic heterocycles. The summed E-state index contributed by atoms with van der Waals surface area (Å²) in [5.74, 6) is -0.453. The topological polar surface area (TPSA) is 59.5 Å². The molecule has 0 N–H and O–H groups in total. The van der Waals surface area contributed by atoms with Crippen molar-refractivity contribution in [1.82, 2.24) is 9.88 Å². The van der Waals surface area contributed by atoms with Crippen molar-refractivity contribution in [3.8, 4) is 0 Å². The number of hydrogen-bond donors (Lipinski definition) is 0. The Morgan fingerprint density at radius 1 is 1.53 bits per heavy atom. The van der Waals surface area contributed by atoms with Gasteiger partial charge in [-0.2, -0.15) is 0 Å². The fraction of sp³-hybridized carbons (Fsp3) is 0.417. The number of nitrogens with zero attached hydrogens (tertiary/aromatic N) is 2. The molecule has 0 spiro atoms. The van der Waals surface area contributed by atoms with E-state index in [2.05, 4.69) is 20.9 Å². The minimum Gasteiger partial charge on any atom is -0.443 e. The van der Waals surface area contributed by atoms with E-state index in [-0.39, 0.29) is 6.54 Å². The number of carbonyl (C=O) groups excluding carboxylic acids is 2. The van der Waals surface area contributed by atoms with E-state index in [1.165, 1.54) is 6.20 Å². The summed E-state index contributed by atoms with van der Waals surface area (Å²) in [6.45, 7) is 5.32. The Balaban J connectivity index is 2.32. The van der Waals surface area contributed by atoms with Crippen molar-refractivity contribution in [2.75, 3.05) is 0 Å². The van der Waals surface area contributed by atoms with Gasteiger partial charge in [-0.3, -0.25) is 4.79 Å². The lowest BCUT2D eigenvalue weighted by atomic mass is 10.2. The average molecular weight is 348 g/mol. The van der Waals surface area contributed by atoms with Crippen LogP contribution in [0.25, 0.3) is 0 Å². The Kier molecular flexibility index (Phi) is 3.57. The minimum absolute atomic E-state index is 0.100. The van der Waals surface area contributed by atoms with Crippen molar-refractivity contribution in [1.29, 1.82) is 0 Å². The molecule has 7 heteroatoms. The molecule has 5 nitrogen and oxygen atoms in total. The lowest BCUT2D eigenvalue weighted by molar-refractivity contribution is 0.0248. The number of imide groups is 1. The predicted molar refractivity (Wildman–Crippen MR) is 73.1 cm³/mol. The number of hydrogen-bond acceptors (Lipinski definition) is 4. The summed E-state index contributed by atoms with van der Waals surface area (Å²) in [4.78, 5) is 29.1. The highest BCUT2D eigenvalue weighted by atomic mass is 79.9. The average Bonchev–Trinajstić information content (AvgIpc) is 2.61. The Morgan fingerprint density at radius 3 is 2.68 bits per heavy atom. The molecule has 0 radical (unpaired) electrons. The van der Waals surface area contributed by atoms with E-state index in [1.54, 1.807) is 20.8 Å². The highest BCUT2D eigenvalue weighted by Gasteiger charge is 2.38. The molecular formula is C12H12BrClN2O3. The molecule has 2 rings (SSSR count). The van der Waals surface area contributed by atoms with Crippen LogP contribution in [0.1, 0.15) is 36.7 Å². The second kappa shape index (κ2) is 4.76. The van der Waals surface area contributed by atoms with Crippen LogP contribution >= 0.6 is 27.5 Å². The second-order valence-corrected chi connectivity index (χ2v) is 6.28. The van der Waals surface area contributed by atoms with Crippen molar-refractivity contribution < 1.29 is 14.3 Å². The maximum Gasteiger partial charge on any atom is 0.417 e. The number of rotatable bonds is 0. The molecule has 1 aliphatic heterocycles. The molecule has 1 aliphatic rings. The van der Waals surface area contributed by atoms with Crippen LogP contribution in [0.4, 0.5) is 4.79 Å². The fourth-order valence-corrected chi connectivity index (χ4v) is 2.42. The molecule has 0 unspecified atom stereocenters. The van der Waals surface area contributed by atoms with Gasteiger partial charge < -0.3 is 4.74 Å². The van der Waals surface area contributed by atoms with Crippen molar-refractivity contribution >= 4 is 39.5 Å². The molecular weight excluding hydrogens is 336 g/mol. The van der Waals surface area contributed by atoms with Gasteiger partial charge in [0.1, 0.15) is 10.2 Å². The number of halogens is 2. The standard InChI is InChI=1S/C12H12BrClN2O3/c1-12(2,3)19-11(18)16-5-6-7(14)4-15-9(13)8(6)10(16)17/h4H,5H2,1-3H3. The molecule has 0 atom stereocenters. The lowest BCUT2D eigenvalue weighted by Gasteiger charge is -2.23. The molecule has 0 saturated heterocycles. The second-order valence-electron chi connectivity index (χ2n) is 5.12. The normalized spacial score (nSPS) is 14.6. The van der Waals surface area contributed by atoms with Crippen molar-refractivity contribution in [2.24, 2.45) is 0 Å². The van der Waals surface area contributed by atoms with Crippen LogP contribution in [0.15, 0.2) is 10.8 Å². The van der Waals surface area contributed by atoms with Gasteiger partial charge in [0.05, 0.1) is 17.1 Å². The van der Waals surface area contributed by atoms with Gasteiger partial charge in [0, 0.05) is 11.8 Å². The van der Waals surface area contributed by atoms with E-state index < -0.39 is 17.6 Å². The van der Waals surface area contributed by atoms with Crippen LogP contribution in [0.3, 0.4) is 0 Å². The molecule has 0 bridgehead atoms. The van der Waals surface area contributed by atoms with Crippen LogP contribution < -0.4 is 0 Å².